The Labute approximate surface area is 227 Å². The van der Waals surface area contributed by atoms with Crippen LogP contribution in [0.25, 0.3) is 0 Å². The molecule has 0 aliphatic heterocycles. The number of rotatable bonds is 11. The standard InChI is InChI=1S/C28H32BrN3O4S/c1-4-26(28(34)30-21(2)3)31(19-22-11-7-5-8-12-22)27(33)20-32(24-17-15-23(29)16-18-24)37(35,36)25-13-9-6-10-14-25/h5-18,21,26H,4,19-20H2,1-3H3,(H,30,34)/t26-/m0/s1. The third-order valence-corrected chi connectivity index (χ3v) is 8.05. The first-order chi connectivity index (χ1) is 17.6. The van der Waals surface area contributed by atoms with E-state index in [1.165, 1.54) is 17.0 Å². The molecule has 0 saturated carbocycles. The third kappa shape index (κ3) is 7.42. The van der Waals surface area contributed by atoms with Crippen molar-refractivity contribution in [1.29, 1.82) is 0 Å². The molecule has 0 aromatic heterocycles. The van der Waals surface area contributed by atoms with Gasteiger partial charge in [-0.2, -0.15) is 0 Å². The third-order valence-electron chi connectivity index (χ3n) is 5.74. The Morgan fingerprint density at radius 3 is 2.00 bits per heavy atom. The fraction of sp³-hybridized carbons (Fsp3) is 0.286. The number of hydrogen-bond donors (Lipinski definition) is 1. The molecule has 0 bridgehead atoms. The van der Waals surface area contributed by atoms with Gasteiger partial charge < -0.3 is 10.2 Å². The van der Waals surface area contributed by atoms with Crippen molar-refractivity contribution >= 4 is 43.5 Å². The smallest absolute Gasteiger partial charge is 0.264 e. The molecule has 9 heteroatoms. The zero-order valence-corrected chi connectivity index (χ0v) is 23.6. The Morgan fingerprint density at radius 2 is 1.46 bits per heavy atom. The molecule has 0 aliphatic carbocycles. The second-order valence-electron chi connectivity index (χ2n) is 8.90. The van der Waals surface area contributed by atoms with E-state index in [2.05, 4.69) is 21.2 Å². The van der Waals surface area contributed by atoms with Gasteiger partial charge in [0.25, 0.3) is 10.0 Å². The summed E-state index contributed by atoms with van der Waals surface area (Å²) in [5, 5.41) is 2.89. The second kappa shape index (κ2) is 12.9. The molecule has 0 fully saturated rings. The molecule has 0 saturated heterocycles. The van der Waals surface area contributed by atoms with E-state index in [1.54, 1.807) is 42.5 Å². The quantitative estimate of drug-likeness (QED) is 0.344. The van der Waals surface area contributed by atoms with E-state index in [1.807, 2.05) is 51.1 Å². The summed E-state index contributed by atoms with van der Waals surface area (Å²) in [6, 6.07) is 23.2. The number of carbonyl (C=O) groups is 2. The van der Waals surface area contributed by atoms with Gasteiger partial charge >= 0.3 is 0 Å². The molecule has 1 N–H and O–H groups in total. The van der Waals surface area contributed by atoms with Crippen LogP contribution >= 0.6 is 15.9 Å². The molecule has 2 amide bonds. The normalized spacial score (nSPS) is 12.1. The molecule has 196 valence electrons. The van der Waals surface area contributed by atoms with Crippen LogP contribution in [0, 0.1) is 0 Å². The fourth-order valence-electron chi connectivity index (χ4n) is 3.94. The number of benzene rings is 3. The first kappa shape index (κ1) is 28.4. The molecule has 0 aliphatic rings. The average Bonchev–Trinajstić information content (AvgIpc) is 2.88. The van der Waals surface area contributed by atoms with Gasteiger partial charge in [0.2, 0.25) is 11.8 Å². The molecule has 0 spiro atoms. The Hall–Kier alpha value is -3.17. The number of carbonyl (C=O) groups excluding carboxylic acids is 2. The zero-order valence-electron chi connectivity index (χ0n) is 21.2. The van der Waals surface area contributed by atoms with E-state index in [0.717, 1.165) is 14.3 Å². The summed E-state index contributed by atoms with van der Waals surface area (Å²) in [6.45, 7) is 5.26. The van der Waals surface area contributed by atoms with Gasteiger partial charge in [-0.25, -0.2) is 8.42 Å². The largest absolute Gasteiger partial charge is 0.352 e. The number of sulfonamides is 1. The van der Waals surface area contributed by atoms with Gasteiger partial charge in [-0.3, -0.25) is 13.9 Å². The van der Waals surface area contributed by atoms with Crippen molar-refractivity contribution in [3.05, 3.63) is 95.0 Å². The SMILES string of the molecule is CC[C@@H](C(=O)NC(C)C)N(Cc1ccccc1)C(=O)CN(c1ccc(Br)cc1)S(=O)(=O)c1ccccc1. The fourth-order valence-corrected chi connectivity index (χ4v) is 5.64. The summed E-state index contributed by atoms with van der Waals surface area (Å²) in [5.41, 5.74) is 1.19. The molecule has 0 unspecified atom stereocenters. The van der Waals surface area contributed by atoms with Gasteiger partial charge in [-0.15, -0.1) is 0 Å². The van der Waals surface area contributed by atoms with Gasteiger partial charge in [0.05, 0.1) is 10.6 Å². The highest BCUT2D eigenvalue weighted by atomic mass is 79.9. The number of hydrogen-bond acceptors (Lipinski definition) is 4. The van der Waals surface area contributed by atoms with Crippen molar-refractivity contribution in [1.82, 2.24) is 10.2 Å². The Kier molecular flexibility index (Phi) is 9.88. The predicted molar refractivity (Wildman–Crippen MR) is 149 cm³/mol. The minimum absolute atomic E-state index is 0.0740. The van der Waals surface area contributed by atoms with Crippen molar-refractivity contribution in [3.8, 4) is 0 Å². The average molecular weight is 587 g/mol. The summed E-state index contributed by atoms with van der Waals surface area (Å²) in [6.07, 6.45) is 0.376. The summed E-state index contributed by atoms with van der Waals surface area (Å²) < 4.78 is 29.3. The van der Waals surface area contributed by atoms with Gasteiger partial charge in [0.15, 0.2) is 0 Å². The lowest BCUT2D eigenvalue weighted by atomic mass is 10.1. The number of amides is 2. The first-order valence-electron chi connectivity index (χ1n) is 12.1. The molecule has 0 heterocycles. The minimum Gasteiger partial charge on any atom is -0.352 e. The van der Waals surface area contributed by atoms with Crippen LogP contribution in [0.5, 0.6) is 0 Å². The van der Waals surface area contributed by atoms with E-state index in [0.29, 0.717) is 12.1 Å². The molecule has 0 radical (unpaired) electrons. The van der Waals surface area contributed by atoms with Crippen LogP contribution in [0.4, 0.5) is 5.69 Å². The number of nitrogens with zero attached hydrogens (tertiary/aromatic N) is 2. The molecule has 3 aromatic rings. The van der Waals surface area contributed by atoms with Gasteiger partial charge in [0.1, 0.15) is 12.6 Å². The van der Waals surface area contributed by atoms with Crippen molar-refractivity contribution in [2.24, 2.45) is 0 Å². The van der Waals surface area contributed by atoms with E-state index >= 15 is 0 Å². The Balaban J connectivity index is 2.03. The van der Waals surface area contributed by atoms with Crippen LogP contribution < -0.4 is 9.62 Å². The maximum atomic E-state index is 13.9. The van der Waals surface area contributed by atoms with Crippen molar-refractivity contribution in [2.45, 2.75) is 50.7 Å². The Bertz CT molecular complexity index is 1280. The summed E-state index contributed by atoms with van der Waals surface area (Å²) in [5.74, 6) is -0.750. The van der Waals surface area contributed by atoms with Gasteiger partial charge in [-0.05, 0) is 62.2 Å². The molecule has 3 aromatic carbocycles. The minimum atomic E-state index is -4.07. The zero-order chi connectivity index (χ0) is 27.0. The van der Waals surface area contributed by atoms with Crippen LogP contribution in [-0.4, -0.2) is 43.8 Å². The van der Waals surface area contributed by atoms with E-state index in [4.69, 9.17) is 0 Å². The number of anilines is 1. The van der Waals surface area contributed by atoms with Gasteiger partial charge in [-0.1, -0.05) is 71.4 Å². The maximum Gasteiger partial charge on any atom is 0.264 e. The van der Waals surface area contributed by atoms with Crippen LogP contribution in [0.1, 0.15) is 32.8 Å². The lowest BCUT2D eigenvalue weighted by Crippen LogP contribution is -2.53. The highest BCUT2D eigenvalue weighted by Crippen LogP contribution is 2.26. The summed E-state index contributed by atoms with van der Waals surface area (Å²) >= 11 is 3.38. The topological polar surface area (TPSA) is 86.8 Å². The molecular weight excluding hydrogens is 554 g/mol. The Morgan fingerprint density at radius 1 is 0.892 bits per heavy atom. The van der Waals surface area contributed by atoms with E-state index < -0.39 is 28.5 Å². The monoisotopic (exact) mass is 585 g/mol. The molecular formula is C28H32BrN3O4S. The van der Waals surface area contributed by atoms with Crippen LogP contribution in [0.3, 0.4) is 0 Å². The second-order valence-corrected chi connectivity index (χ2v) is 11.7. The molecule has 3 rings (SSSR count). The lowest BCUT2D eigenvalue weighted by molar-refractivity contribution is -0.140. The molecule has 7 nitrogen and oxygen atoms in total. The van der Waals surface area contributed by atoms with Crippen molar-refractivity contribution in [2.75, 3.05) is 10.8 Å². The van der Waals surface area contributed by atoms with Crippen LogP contribution in [0.15, 0.2) is 94.3 Å². The maximum absolute atomic E-state index is 13.9. The summed E-state index contributed by atoms with van der Waals surface area (Å²) in [7, 11) is -4.07. The number of nitrogens with one attached hydrogen (secondary N) is 1. The highest BCUT2D eigenvalue weighted by molar-refractivity contribution is 9.10. The van der Waals surface area contributed by atoms with Crippen molar-refractivity contribution in [3.63, 3.8) is 0 Å². The van der Waals surface area contributed by atoms with E-state index in [-0.39, 0.29) is 23.4 Å². The molecule has 37 heavy (non-hydrogen) atoms. The lowest BCUT2D eigenvalue weighted by Gasteiger charge is -2.33. The van der Waals surface area contributed by atoms with Crippen molar-refractivity contribution < 1.29 is 18.0 Å². The van der Waals surface area contributed by atoms with Gasteiger partial charge in [0, 0.05) is 17.1 Å². The molecule has 1 atom stereocenters. The predicted octanol–water partition coefficient (Wildman–Crippen LogP) is 4.98. The van der Waals surface area contributed by atoms with Crippen LogP contribution in [-0.2, 0) is 26.2 Å². The van der Waals surface area contributed by atoms with Crippen LogP contribution in [0.2, 0.25) is 0 Å². The number of halogens is 1. The summed E-state index contributed by atoms with van der Waals surface area (Å²) in [4.78, 5) is 28.5. The van der Waals surface area contributed by atoms with E-state index in [9.17, 15) is 18.0 Å². The first-order valence-corrected chi connectivity index (χ1v) is 14.3. The highest BCUT2D eigenvalue weighted by Gasteiger charge is 2.33.